The van der Waals surface area contributed by atoms with Gasteiger partial charge < -0.3 is 10.3 Å². The third kappa shape index (κ3) is 4.27. The van der Waals surface area contributed by atoms with Gasteiger partial charge in [-0.3, -0.25) is 14.7 Å². The number of pyridine rings is 1. The van der Waals surface area contributed by atoms with Gasteiger partial charge in [-0.25, -0.2) is 4.98 Å². The number of nitrogens with zero attached hydrogens (tertiary/aromatic N) is 3. The Labute approximate surface area is 181 Å². The fourth-order valence-corrected chi connectivity index (χ4v) is 4.60. The maximum absolute atomic E-state index is 12.8. The molecule has 1 amide bonds. The molecule has 1 aliphatic heterocycles. The van der Waals surface area contributed by atoms with Gasteiger partial charge in [-0.1, -0.05) is 12.1 Å². The molecule has 0 aliphatic carbocycles. The quantitative estimate of drug-likeness (QED) is 0.595. The maximum Gasteiger partial charge on any atom is 0.252 e. The van der Waals surface area contributed by atoms with Gasteiger partial charge in [0.05, 0.1) is 17.6 Å². The van der Waals surface area contributed by atoms with Gasteiger partial charge in [-0.05, 0) is 55.3 Å². The number of imidazole rings is 1. The summed E-state index contributed by atoms with van der Waals surface area (Å²) in [6.45, 7) is 7.24. The molecule has 0 spiro atoms. The normalized spacial score (nSPS) is 13.8. The van der Waals surface area contributed by atoms with Crippen LogP contribution < -0.4 is 5.32 Å². The molecule has 0 radical (unpaired) electrons. The Bertz CT molecular complexity index is 1060. The number of fused-ring (bicyclic) bond motifs is 1. The SMILES string of the molecule is CSc1ccccc1C(=O)NCc1c(C)ncc2c1CCN(Cc1nc[nH]c1C)C2. The van der Waals surface area contributed by atoms with Gasteiger partial charge >= 0.3 is 0 Å². The van der Waals surface area contributed by atoms with Crippen LogP contribution in [0.2, 0.25) is 0 Å². The van der Waals surface area contributed by atoms with E-state index in [1.54, 1.807) is 18.1 Å². The van der Waals surface area contributed by atoms with Gasteiger partial charge in [-0.15, -0.1) is 11.8 Å². The number of amides is 1. The van der Waals surface area contributed by atoms with Crippen molar-refractivity contribution < 1.29 is 4.79 Å². The molecule has 156 valence electrons. The van der Waals surface area contributed by atoms with Gasteiger partial charge in [0, 0.05) is 48.7 Å². The molecule has 0 saturated carbocycles. The number of aromatic nitrogens is 3. The van der Waals surface area contributed by atoms with Crippen LogP contribution in [0.4, 0.5) is 0 Å². The fourth-order valence-electron chi connectivity index (χ4n) is 4.00. The Morgan fingerprint density at radius 3 is 2.87 bits per heavy atom. The summed E-state index contributed by atoms with van der Waals surface area (Å²) in [5, 5.41) is 3.12. The molecule has 2 aromatic heterocycles. The van der Waals surface area contributed by atoms with Crippen LogP contribution in [-0.2, 0) is 26.1 Å². The van der Waals surface area contributed by atoms with Crippen LogP contribution in [0.3, 0.4) is 0 Å². The minimum Gasteiger partial charge on any atom is -0.348 e. The van der Waals surface area contributed by atoms with E-state index < -0.39 is 0 Å². The lowest BCUT2D eigenvalue weighted by Gasteiger charge is -2.30. The highest BCUT2D eigenvalue weighted by molar-refractivity contribution is 7.98. The predicted molar refractivity (Wildman–Crippen MR) is 120 cm³/mol. The van der Waals surface area contributed by atoms with Crippen molar-refractivity contribution in [2.24, 2.45) is 0 Å². The summed E-state index contributed by atoms with van der Waals surface area (Å²) >= 11 is 1.59. The summed E-state index contributed by atoms with van der Waals surface area (Å²) in [5.41, 5.74) is 7.66. The van der Waals surface area contributed by atoms with Crippen LogP contribution in [0.25, 0.3) is 0 Å². The first kappa shape index (κ1) is 20.6. The predicted octanol–water partition coefficient (Wildman–Crippen LogP) is 3.63. The fraction of sp³-hybridized carbons (Fsp3) is 0.348. The Balaban J connectivity index is 1.48. The molecule has 6 nitrogen and oxygen atoms in total. The van der Waals surface area contributed by atoms with Gasteiger partial charge in [0.1, 0.15) is 0 Å². The molecular weight excluding hydrogens is 394 g/mol. The van der Waals surface area contributed by atoms with E-state index in [9.17, 15) is 4.79 Å². The molecule has 1 aromatic carbocycles. The van der Waals surface area contributed by atoms with E-state index in [1.165, 1.54) is 11.1 Å². The van der Waals surface area contributed by atoms with Crippen LogP contribution in [0.5, 0.6) is 0 Å². The molecule has 0 saturated heterocycles. The summed E-state index contributed by atoms with van der Waals surface area (Å²) in [5.74, 6) is -0.0385. The first-order valence-electron chi connectivity index (χ1n) is 10.2. The topological polar surface area (TPSA) is 73.9 Å². The lowest BCUT2D eigenvalue weighted by atomic mass is 9.94. The molecule has 3 aromatic rings. The van der Waals surface area contributed by atoms with E-state index in [-0.39, 0.29) is 5.91 Å². The van der Waals surface area contributed by atoms with Crippen molar-refractivity contribution in [1.82, 2.24) is 25.2 Å². The van der Waals surface area contributed by atoms with Crippen molar-refractivity contribution >= 4 is 17.7 Å². The van der Waals surface area contributed by atoms with Crippen molar-refractivity contribution in [1.29, 1.82) is 0 Å². The van der Waals surface area contributed by atoms with Gasteiger partial charge in [-0.2, -0.15) is 0 Å². The molecule has 3 heterocycles. The summed E-state index contributed by atoms with van der Waals surface area (Å²) in [7, 11) is 0. The van der Waals surface area contributed by atoms with E-state index >= 15 is 0 Å². The minimum atomic E-state index is -0.0385. The Kier molecular flexibility index (Phi) is 6.20. The van der Waals surface area contributed by atoms with E-state index in [4.69, 9.17) is 0 Å². The standard InChI is InChI=1S/C23H27N5OS/c1-15-20(11-25-23(29)19-6-4-5-7-22(19)30-3)18-8-9-28(12-17(18)10-24-15)13-21-16(2)26-14-27-21/h4-7,10,14H,8-9,11-13H2,1-3H3,(H,25,29)(H,26,27). The molecule has 4 rings (SSSR count). The largest absolute Gasteiger partial charge is 0.348 e. The first-order chi connectivity index (χ1) is 14.6. The van der Waals surface area contributed by atoms with Crippen molar-refractivity contribution in [3.8, 4) is 0 Å². The molecule has 30 heavy (non-hydrogen) atoms. The van der Waals surface area contributed by atoms with Crippen LogP contribution in [0.15, 0.2) is 41.7 Å². The van der Waals surface area contributed by atoms with Gasteiger partial charge in [0.15, 0.2) is 0 Å². The number of hydrogen-bond donors (Lipinski definition) is 2. The summed E-state index contributed by atoms with van der Waals surface area (Å²) in [4.78, 5) is 28.4. The molecule has 2 N–H and O–H groups in total. The second-order valence-electron chi connectivity index (χ2n) is 7.64. The number of rotatable bonds is 6. The number of aryl methyl sites for hydroxylation is 2. The van der Waals surface area contributed by atoms with Gasteiger partial charge in [0.2, 0.25) is 0 Å². The van der Waals surface area contributed by atoms with Crippen LogP contribution in [0, 0.1) is 13.8 Å². The number of H-pyrrole nitrogens is 1. The Hall–Kier alpha value is -2.64. The number of carbonyl (C=O) groups is 1. The van der Waals surface area contributed by atoms with Crippen molar-refractivity contribution in [2.45, 2.75) is 44.8 Å². The summed E-state index contributed by atoms with van der Waals surface area (Å²) in [6, 6.07) is 7.72. The molecule has 1 aliphatic rings. The van der Waals surface area contributed by atoms with Crippen molar-refractivity contribution in [3.63, 3.8) is 0 Å². The zero-order valence-corrected chi connectivity index (χ0v) is 18.5. The number of aromatic amines is 1. The van der Waals surface area contributed by atoms with Crippen LogP contribution in [-0.4, -0.2) is 38.6 Å². The lowest BCUT2D eigenvalue weighted by molar-refractivity contribution is 0.0947. The zero-order chi connectivity index (χ0) is 21.1. The highest BCUT2D eigenvalue weighted by Gasteiger charge is 2.22. The summed E-state index contributed by atoms with van der Waals surface area (Å²) in [6.07, 6.45) is 6.69. The number of hydrogen-bond acceptors (Lipinski definition) is 5. The van der Waals surface area contributed by atoms with E-state index in [0.29, 0.717) is 6.54 Å². The smallest absolute Gasteiger partial charge is 0.252 e. The monoisotopic (exact) mass is 421 g/mol. The number of nitrogens with one attached hydrogen (secondary N) is 2. The molecule has 0 atom stereocenters. The lowest BCUT2D eigenvalue weighted by Crippen LogP contribution is -2.32. The molecule has 0 fully saturated rings. The maximum atomic E-state index is 12.8. The number of benzene rings is 1. The van der Waals surface area contributed by atoms with Crippen LogP contribution >= 0.6 is 11.8 Å². The molecule has 0 unspecified atom stereocenters. The first-order valence-corrected chi connectivity index (χ1v) is 11.4. The van der Waals surface area contributed by atoms with E-state index in [0.717, 1.165) is 59.2 Å². The second-order valence-corrected chi connectivity index (χ2v) is 8.49. The zero-order valence-electron chi connectivity index (χ0n) is 17.7. The van der Waals surface area contributed by atoms with E-state index in [2.05, 4.69) is 32.1 Å². The van der Waals surface area contributed by atoms with Crippen molar-refractivity contribution in [3.05, 3.63) is 76.1 Å². The Morgan fingerprint density at radius 2 is 2.10 bits per heavy atom. The molecule has 0 bridgehead atoms. The average Bonchev–Trinajstić information content (AvgIpc) is 3.17. The summed E-state index contributed by atoms with van der Waals surface area (Å²) < 4.78 is 0. The third-order valence-corrected chi connectivity index (χ3v) is 6.56. The highest BCUT2D eigenvalue weighted by Crippen LogP contribution is 2.25. The minimum absolute atomic E-state index is 0.0385. The number of thioether (sulfide) groups is 1. The second kappa shape index (κ2) is 9.02. The number of carbonyl (C=O) groups excluding carboxylic acids is 1. The van der Waals surface area contributed by atoms with E-state index in [1.807, 2.05) is 43.6 Å². The van der Waals surface area contributed by atoms with Gasteiger partial charge in [0.25, 0.3) is 5.91 Å². The van der Waals surface area contributed by atoms with Crippen molar-refractivity contribution in [2.75, 3.05) is 12.8 Å². The molecule has 7 heteroatoms. The molecular formula is C23H27N5OS. The average molecular weight is 422 g/mol. The van der Waals surface area contributed by atoms with Crippen LogP contribution in [0.1, 0.15) is 44.1 Å². The Morgan fingerprint density at radius 1 is 1.27 bits per heavy atom. The third-order valence-electron chi connectivity index (χ3n) is 5.76. The highest BCUT2D eigenvalue weighted by atomic mass is 32.2.